The molecule has 1 unspecified atom stereocenters. The van der Waals surface area contributed by atoms with Gasteiger partial charge in [0.2, 0.25) is 0 Å². The Balaban J connectivity index is 1.78. The first kappa shape index (κ1) is 35.1. The van der Waals surface area contributed by atoms with Gasteiger partial charge in [-0.15, -0.1) is 13.2 Å². The summed E-state index contributed by atoms with van der Waals surface area (Å²) in [6.45, 7) is 20.4. The van der Waals surface area contributed by atoms with E-state index >= 15 is 0 Å². The van der Waals surface area contributed by atoms with Gasteiger partial charge in [0, 0.05) is 0 Å². The maximum atomic E-state index is 10.9. The lowest BCUT2D eigenvalue weighted by Gasteiger charge is -2.39. The van der Waals surface area contributed by atoms with Gasteiger partial charge >= 0.3 is 0 Å². The fourth-order valence-corrected chi connectivity index (χ4v) is 5.55. The molecule has 43 heavy (non-hydrogen) atoms. The minimum absolute atomic E-state index is 0.0338. The van der Waals surface area contributed by atoms with E-state index < -0.39 is 32.7 Å². The van der Waals surface area contributed by atoms with Gasteiger partial charge in [0.1, 0.15) is 24.4 Å². The Morgan fingerprint density at radius 3 is 2.07 bits per heavy atom. The predicted molar refractivity (Wildman–Crippen MR) is 176 cm³/mol. The number of benzene rings is 2. The number of aliphatic hydroxyl groups excluding tert-OH is 1. The van der Waals surface area contributed by atoms with Crippen molar-refractivity contribution < 1.29 is 28.5 Å². The molecular weight excluding hydrogens is 556 g/mol. The molecule has 0 spiro atoms. The number of rotatable bonds is 15. The number of hydrogen-bond donors (Lipinski definition) is 1. The van der Waals surface area contributed by atoms with Crippen molar-refractivity contribution in [2.75, 3.05) is 13.2 Å². The summed E-state index contributed by atoms with van der Waals surface area (Å²) in [6, 6.07) is 20.2. The van der Waals surface area contributed by atoms with E-state index in [9.17, 15) is 5.11 Å². The van der Waals surface area contributed by atoms with E-state index in [1.165, 1.54) is 6.08 Å². The quantitative estimate of drug-likeness (QED) is 0.168. The van der Waals surface area contributed by atoms with Crippen LogP contribution in [0.15, 0.2) is 98.1 Å². The van der Waals surface area contributed by atoms with Crippen LogP contribution in [0, 0.1) is 0 Å². The van der Waals surface area contributed by atoms with E-state index in [0.717, 1.165) is 11.1 Å². The van der Waals surface area contributed by atoms with Crippen LogP contribution in [0.5, 0.6) is 0 Å². The highest BCUT2D eigenvalue weighted by Gasteiger charge is 2.39. The molecule has 6 atom stereocenters. The third kappa shape index (κ3) is 11.3. The Morgan fingerprint density at radius 1 is 0.930 bits per heavy atom. The van der Waals surface area contributed by atoms with Crippen molar-refractivity contribution in [1.82, 2.24) is 0 Å². The lowest BCUT2D eigenvalue weighted by atomic mass is 10.1. The van der Waals surface area contributed by atoms with Crippen molar-refractivity contribution in [2.24, 2.45) is 0 Å². The molecule has 0 saturated carbocycles. The fourth-order valence-electron chi connectivity index (χ4n) is 4.53. The number of ether oxygens (including phenoxy) is 4. The van der Waals surface area contributed by atoms with Crippen molar-refractivity contribution in [3.05, 3.63) is 109 Å². The van der Waals surface area contributed by atoms with Gasteiger partial charge < -0.3 is 28.5 Å². The summed E-state index contributed by atoms with van der Waals surface area (Å²) < 4.78 is 32.4. The molecule has 1 aliphatic heterocycles. The summed E-state index contributed by atoms with van der Waals surface area (Å²) in [5.41, 5.74) is 2.19. The van der Waals surface area contributed by atoms with Crippen LogP contribution in [-0.2, 0) is 36.6 Å². The topological polar surface area (TPSA) is 66.4 Å². The third-order valence-corrected chi connectivity index (χ3v) is 12.8. The van der Waals surface area contributed by atoms with Crippen LogP contribution in [0.4, 0.5) is 0 Å². The average molecular weight is 609 g/mol. The van der Waals surface area contributed by atoms with E-state index in [4.69, 9.17) is 23.4 Å². The summed E-state index contributed by atoms with van der Waals surface area (Å²) in [6.07, 6.45) is 5.75. The molecule has 2 aromatic rings. The van der Waals surface area contributed by atoms with Crippen LogP contribution in [0.1, 0.15) is 44.7 Å². The first-order chi connectivity index (χ1) is 20.5. The SMILES string of the molecule is C=C[C@@H](O)C(CO[Si](C)(C)C(C)(C)C)O[C@@H]1C/C=C\C[C@H](OCc2ccccc2)[C@@H](COCc2ccccc2)O[C@H]1C=C. The summed E-state index contributed by atoms with van der Waals surface area (Å²) in [5, 5.41) is 10.9. The van der Waals surface area contributed by atoms with Gasteiger partial charge in [-0.25, -0.2) is 0 Å². The van der Waals surface area contributed by atoms with Crippen LogP contribution in [0.3, 0.4) is 0 Å². The second kappa shape index (κ2) is 17.2. The van der Waals surface area contributed by atoms with Gasteiger partial charge in [-0.2, -0.15) is 0 Å². The number of aliphatic hydroxyl groups is 1. The molecule has 6 nitrogen and oxygen atoms in total. The highest BCUT2D eigenvalue weighted by Crippen LogP contribution is 2.37. The molecule has 2 aromatic carbocycles. The first-order valence-electron chi connectivity index (χ1n) is 15.3. The Kier molecular flexibility index (Phi) is 14.1. The van der Waals surface area contributed by atoms with E-state index in [1.807, 2.05) is 48.5 Å². The predicted octanol–water partition coefficient (Wildman–Crippen LogP) is 7.40. The smallest absolute Gasteiger partial charge is 0.192 e. The van der Waals surface area contributed by atoms with Crippen LogP contribution in [0.25, 0.3) is 0 Å². The van der Waals surface area contributed by atoms with E-state index in [0.29, 0.717) is 32.7 Å². The van der Waals surface area contributed by atoms with Gasteiger partial charge in [0.15, 0.2) is 8.32 Å². The monoisotopic (exact) mass is 608 g/mol. The van der Waals surface area contributed by atoms with Crippen molar-refractivity contribution in [1.29, 1.82) is 0 Å². The zero-order valence-electron chi connectivity index (χ0n) is 26.7. The number of hydrogen-bond acceptors (Lipinski definition) is 6. The summed E-state index contributed by atoms with van der Waals surface area (Å²) in [7, 11) is -2.07. The molecule has 1 aliphatic rings. The Morgan fingerprint density at radius 2 is 1.51 bits per heavy atom. The third-order valence-electron chi connectivity index (χ3n) is 8.34. The molecule has 7 heteroatoms. The maximum Gasteiger partial charge on any atom is 0.192 e. The molecule has 1 N–H and O–H groups in total. The Labute approximate surface area is 260 Å². The first-order valence-corrected chi connectivity index (χ1v) is 18.2. The second-order valence-corrected chi connectivity index (χ2v) is 17.5. The zero-order valence-corrected chi connectivity index (χ0v) is 27.7. The molecule has 0 aromatic heterocycles. The van der Waals surface area contributed by atoms with Crippen molar-refractivity contribution in [3.8, 4) is 0 Å². The van der Waals surface area contributed by atoms with Gasteiger partial charge in [0.25, 0.3) is 0 Å². The van der Waals surface area contributed by atoms with Gasteiger partial charge in [-0.3, -0.25) is 0 Å². The Hall–Kier alpha value is -2.36. The molecule has 3 rings (SSSR count). The van der Waals surface area contributed by atoms with Crippen LogP contribution in [-0.4, -0.2) is 63.3 Å². The van der Waals surface area contributed by atoms with Crippen molar-refractivity contribution in [2.45, 2.75) is 102 Å². The van der Waals surface area contributed by atoms with Crippen LogP contribution >= 0.6 is 0 Å². The second-order valence-electron chi connectivity index (χ2n) is 12.7. The van der Waals surface area contributed by atoms with Gasteiger partial charge in [-0.1, -0.05) is 106 Å². The summed E-state index contributed by atoms with van der Waals surface area (Å²) in [5.74, 6) is 0. The zero-order chi connectivity index (χ0) is 31.3. The molecule has 0 saturated heterocycles. The lowest BCUT2D eigenvalue weighted by Crippen LogP contribution is -2.47. The molecular formula is C36H52O6Si. The van der Waals surface area contributed by atoms with Gasteiger partial charge in [-0.05, 0) is 42.1 Å². The normalized spacial score (nSPS) is 23.8. The molecule has 0 fully saturated rings. The lowest BCUT2D eigenvalue weighted by molar-refractivity contribution is -0.168. The van der Waals surface area contributed by atoms with E-state index in [-0.39, 0.29) is 23.9 Å². The fraction of sp³-hybridized carbons (Fsp3) is 0.500. The molecule has 0 radical (unpaired) electrons. The molecule has 0 amide bonds. The molecule has 0 bridgehead atoms. The molecule has 236 valence electrons. The minimum atomic E-state index is -2.07. The minimum Gasteiger partial charge on any atom is -0.414 e. The van der Waals surface area contributed by atoms with E-state index in [2.05, 4.69) is 71.3 Å². The standard InChI is InChI=1S/C36H52O6Si/c1-8-30(37)34(27-40-43(6,7)36(3,4)5)42-33-23-17-16-22-32(39-25-29-20-14-11-15-21-29)35(41-31(33)9-2)26-38-24-28-18-12-10-13-19-28/h8-21,30-35,37H,1-2,22-27H2,3-7H3/b17-16-/t30-,31+,32+,33-,34?,35-/m1/s1. The molecule has 1 heterocycles. The highest BCUT2D eigenvalue weighted by molar-refractivity contribution is 6.74. The van der Waals surface area contributed by atoms with E-state index in [1.54, 1.807) is 6.08 Å². The summed E-state index contributed by atoms with van der Waals surface area (Å²) >= 11 is 0. The Bertz CT molecular complexity index is 1110. The van der Waals surface area contributed by atoms with Crippen molar-refractivity contribution >= 4 is 8.32 Å². The maximum absolute atomic E-state index is 10.9. The van der Waals surface area contributed by atoms with Crippen LogP contribution < -0.4 is 0 Å². The molecule has 0 aliphatic carbocycles. The highest BCUT2D eigenvalue weighted by atomic mass is 28.4. The van der Waals surface area contributed by atoms with Gasteiger partial charge in [0.05, 0.1) is 38.6 Å². The largest absolute Gasteiger partial charge is 0.414 e. The van der Waals surface area contributed by atoms with Crippen molar-refractivity contribution in [3.63, 3.8) is 0 Å². The average Bonchev–Trinajstić information content (AvgIpc) is 3.07. The van der Waals surface area contributed by atoms with Crippen LogP contribution in [0.2, 0.25) is 18.1 Å². The summed E-state index contributed by atoms with van der Waals surface area (Å²) in [4.78, 5) is 0.